The van der Waals surface area contributed by atoms with Gasteiger partial charge >= 0.3 is 0 Å². The number of aryl methyl sites for hydroxylation is 1. The number of thiophene rings is 1. The fourth-order valence-electron chi connectivity index (χ4n) is 1.99. The highest BCUT2D eigenvalue weighted by Crippen LogP contribution is 2.42. The topological polar surface area (TPSA) is 71.1 Å². The van der Waals surface area contributed by atoms with Gasteiger partial charge in [-0.3, -0.25) is 0 Å². The lowest BCUT2D eigenvalue weighted by atomic mass is 10.1. The fraction of sp³-hybridized carbons (Fsp3) is 0.312. The molecule has 5 heteroatoms. The molecule has 3 N–H and O–H groups in total. The van der Waals surface area contributed by atoms with E-state index in [9.17, 15) is 0 Å². The Balaban J connectivity index is 2.21. The van der Waals surface area contributed by atoms with E-state index in [0.29, 0.717) is 22.9 Å². The van der Waals surface area contributed by atoms with E-state index in [4.69, 9.17) is 15.7 Å². The van der Waals surface area contributed by atoms with Gasteiger partial charge in [-0.25, -0.2) is 0 Å². The highest BCUT2D eigenvalue weighted by molar-refractivity contribution is 7.17. The maximum Gasteiger partial charge on any atom is 0.178 e. The summed E-state index contributed by atoms with van der Waals surface area (Å²) in [6.07, 6.45) is 0.00737. The Labute approximate surface area is 129 Å². The molecule has 0 radical (unpaired) electrons. The molecule has 0 bridgehead atoms. The van der Waals surface area contributed by atoms with Crippen molar-refractivity contribution in [1.82, 2.24) is 0 Å². The molecule has 0 atom stereocenters. The van der Waals surface area contributed by atoms with Crippen LogP contribution in [0.25, 0.3) is 0 Å². The molecule has 4 nitrogen and oxygen atoms in total. The maximum absolute atomic E-state index is 9.11. The number of hydrogen-bond acceptors (Lipinski definition) is 5. The van der Waals surface area contributed by atoms with Gasteiger partial charge in [0.2, 0.25) is 0 Å². The van der Waals surface area contributed by atoms with E-state index >= 15 is 0 Å². The second-order valence-corrected chi connectivity index (χ2v) is 6.14. The third-order valence-corrected chi connectivity index (χ3v) is 3.94. The van der Waals surface area contributed by atoms with Crippen LogP contribution in [-0.2, 0) is 6.54 Å². The van der Waals surface area contributed by atoms with E-state index in [0.717, 1.165) is 5.00 Å². The van der Waals surface area contributed by atoms with Crippen molar-refractivity contribution in [3.05, 3.63) is 40.3 Å². The summed E-state index contributed by atoms with van der Waals surface area (Å²) in [7, 11) is 0. The van der Waals surface area contributed by atoms with Crippen LogP contribution in [0.5, 0.6) is 5.75 Å². The van der Waals surface area contributed by atoms with E-state index in [2.05, 4.69) is 36.5 Å². The molecule has 0 saturated carbocycles. The summed E-state index contributed by atoms with van der Waals surface area (Å²) in [6, 6.07) is 10.4. The van der Waals surface area contributed by atoms with E-state index in [1.807, 2.05) is 19.9 Å². The molecule has 1 aromatic heterocycles. The van der Waals surface area contributed by atoms with Crippen molar-refractivity contribution in [3.8, 4) is 11.8 Å². The van der Waals surface area contributed by atoms with Crippen LogP contribution in [0.15, 0.2) is 24.3 Å². The van der Waals surface area contributed by atoms with Crippen molar-refractivity contribution in [1.29, 1.82) is 5.26 Å². The average Bonchev–Trinajstić information content (AvgIpc) is 2.73. The fourth-order valence-corrected chi connectivity index (χ4v) is 2.83. The molecular formula is C16H19N3OS. The van der Waals surface area contributed by atoms with E-state index in [-0.39, 0.29) is 6.10 Å². The molecule has 1 heterocycles. The van der Waals surface area contributed by atoms with Crippen LogP contribution < -0.4 is 15.8 Å². The summed E-state index contributed by atoms with van der Waals surface area (Å²) in [4.78, 5) is 0.484. The number of hydrogen-bond donors (Lipinski definition) is 2. The Hall–Kier alpha value is -2.19. The molecule has 1 aromatic carbocycles. The monoisotopic (exact) mass is 301 g/mol. The average molecular weight is 301 g/mol. The number of rotatable bonds is 5. The molecule has 0 spiro atoms. The number of nitrogens with one attached hydrogen (secondary N) is 1. The lowest BCUT2D eigenvalue weighted by molar-refractivity contribution is 0.246. The Kier molecular flexibility index (Phi) is 4.71. The lowest BCUT2D eigenvalue weighted by Gasteiger charge is -2.12. The smallest absolute Gasteiger partial charge is 0.178 e. The number of ether oxygens (including phenoxy) is 1. The number of nitriles is 1. The first-order chi connectivity index (χ1) is 10.0. The molecule has 0 aliphatic carbocycles. The largest absolute Gasteiger partial charge is 0.486 e. The van der Waals surface area contributed by atoms with E-state index in [1.165, 1.54) is 22.5 Å². The van der Waals surface area contributed by atoms with Crippen LogP contribution in [0.3, 0.4) is 0 Å². The summed E-state index contributed by atoms with van der Waals surface area (Å²) < 4.78 is 5.74. The predicted molar refractivity (Wildman–Crippen MR) is 87.7 cm³/mol. The molecule has 0 amide bonds. The molecule has 0 saturated heterocycles. The first-order valence-corrected chi connectivity index (χ1v) is 7.61. The normalized spacial score (nSPS) is 10.4. The van der Waals surface area contributed by atoms with Crippen LogP contribution in [0.1, 0.15) is 29.9 Å². The minimum Gasteiger partial charge on any atom is -0.486 e. The zero-order valence-electron chi connectivity index (χ0n) is 12.4. The van der Waals surface area contributed by atoms with Crippen molar-refractivity contribution in [3.63, 3.8) is 0 Å². The van der Waals surface area contributed by atoms with Crippen molar-refractivity contribution in [2.45, 2.75) is 33.4 Å². The van der Waals surface area contributed by atoms with Gasteiger partial charge in [0.15, 0.2) is 5.75 Å². The summed E-state index contributed by atoms with van der Waals surface area (Å²) in [6.45, 7) is 6.61. The Morgan fingerprint density at radius 2 is 2.19 bits per heavy atom. The van der Waals surface area contributed by atoms with Crippen LogP contribution in [-0.4, -0.2) is 6.10 Å². The lowest BCUT2D eigenvalue weighted by Crippen LogP contribution is -2.08. The van der Waals surface area contributed by atoms with Gasteiger partial charge in [-0.05, 0) is 26.3 Å². The summed E-state index contributed by atoms with van der Waals surface area (Å²) in [5.74, 6) is 0.583. The second-order valence-electron chi connectivity index (χ2n) is 5.12. The number of nitrogens with zero attached hydrogens (tertiary/aromatic N) is 1. The van der Waals surface area contributed by atoms with Crippen LogP contribution in [0.4, 0.5) is 10.7 Å². The van der Waals surface area contributed by atoms with Crippen molar-refractivity contribution >= 4 is 22.0 Å². The van der Waals surface area contributed by atoms with Crippen molar-refractivity contribution in [2.75, 3.05) is 11.1 Å². The first kappa shape index (κ1) is 15.2. The maximum atomic E-state index is 9.11. The zero-order chi connectivity index (χ0) is 15.4. The summed E-state index contributed by atoms with van der Waals surface area (Å²) in [5, 5.41) is 13.2. The van der Waals surface area contributed by atoms with Gasteiger partial charge in [0.25, 0.3) is 0 Å². The zero-order valence-corrected chi connectivity index (χ0v) is 13.3. The number of anilines is 2. The minimum atomic E-state index is 0.00737. The van der Waals surface area contributed by atoms with Gasteiger partial charge in [0, 0.05) is 6.54 Å². The molecule has 2 aromatic rings. The Bertz CT molecular complexity index is 671. The SMILES string of the molecule is Cc1cccc(CNc2sc(C#N)c(N)c2OC(C)C)c1. The van der Waals surface area contributed by atoms with Crippen LogP contribution >= 0.6 is 11.3 Å². The van der Waals surface area contributed by atoms with Gasteiger partial charge in [0.05, 0.1) is 6.10 Å². The predicted octanol–water partition coefficient (Wildman–Crippen LogP) is 3.91. The number of benzene rings is 1. The van der Waals surface area contributed by atoms with Gasteiger partial charge < -0.3 is 15.8 Å². The molecule has 2 rings (SSSR count). The van der Waals surface area contributed by atoms with Gasteiger partial charge in [0.1, 0.15) is 21.6 Å². The molecule has 0 aliphatic rings. The third-order valence-electron chi connectivity index (χ3n) is 2.89. The van der Waals surface area contributed by atoms with Gasteiger partial charge in [-0.15, -0.1) is 11.3 Å². The van der Waals surface area contributed by atoms with Crippen molar-refractivity contribution < 1.29 is 4.74 Å². The molecule has 0 aliphatic heterocycles. The molecule has 0 unspecified atom stereocenters. The Morgan fingerprint density at radius 1 is 1.43 bits per heavy atom. The number of nitrogens with two attached hydrogens (primary N) is 1. The minimum absolute atomic E-state index is 0.00737. The quantitative estimate of drug-likeness (QED) is 0.878. The highest BCUT2D eigenvalue weighted by Gasteiger charge is 2.18. The van der Waals surface area contributed by atoms with Crippen LogP contribution in [0.2, 0.25) is 0 Å². The van der Waals surface area contributed by atoms with E-state index < -0.39 is 0 Å². The van der Waals surface area contributed by atoms with Gasteiger partial charge in [-0.2, -0.15) is 5.26 Å². The highest BCUT2D eigenvalue weighted by atomic mass is 32.1. The molecule has 110 valence electrons. The third kappa shape index (κ3) is 3.67. The first-order valence-electron chi connectivity index (χ1n) is 6.79. The Morgan fingerprint density at radius 3 is 2.81 bits per heavy atom. The van der Waals surface area contributed by atoms with Crippen LogP contribution in [0, 0.1) is 18.3 Å². The molecule has 21 heavy (non-hydrogen) atoms. The second kappa shape index (κ2) is 6.51. The number of nitrogen functional groups attached to an aromatic ring is 1. The van der Waals surface area contributed by atoms with Gasteiger partial charge in [-0.1, -0.05) is 29.8 Å². The molecular weight excluding hydrogens is 282 g/mol. The molecule has 0 fully saturated rings. The standard InChI is InChI=1S/C16H19N3OS/c1-10(2)20-15-14(18)13(8-17)21-16(15)19-9-12-6-4-5-11(3)7-12/h4-7,10,19H,9,18H2,1-3H3. The van der Waals surface area contributed by atoms with E-state index in [1.54, 1.807) is 0 Å². The summed E-state index contributed by atoms with van der Waals surface area (Å²) in [5.41, 5.74) is 8.79. The summed E-state index contributed by atoms with van der Waals surface area (Å²) >= 11 is 1.33. The van der Waals surface area contributed by atoms with Crippen molar-refractivity contribution in [2.24, 2.45) is 0 Å².